The van der Waals surface area contributed by atoms with Gasteiger partial charge in [0.25, 0.3) is 5.91 Å². The lowest BCUT2D eigenvalue weighted by molar-refractivity contribution is -0.135. The molecule has 3 aromatic rings. The van der Waals surface area contributed by atoms with Gasteiger partial charge in [-0.25, -0.2) is 5.43 Å². The molecule has 1 N–H and O–H groups in total. The van der Waals surface area contributed by atoms with Crippen molar-refractivity contribution in [2.75, 3.05) is 14.2 Å². The molecule has 2 aliphatic heterocycles. The zero-order valence-electron chi connectivity index (χ0n) is 17.0. The quantitative estimate of drug-likeness (QED) is 0.627. The van der Waals surface area contributed by atoms with Crippen molar-refractivity contribution >= 4 is 17.2 Å². The SMILES string of the molecule is COc1ccc(-c2noc(CN3C=CN4NC(c5cccs5)CC4C3=O)n2)cc1OC. The van der Waals surface area contributed by atoms with E-state index in [4.69, 9.17) is 14.0 Å². The summed E-state index contributed by atoms with van der Waals surface area (Å²) in [5.41, 5.74) is 4.13. The lowest BCUT2D eigenvalue weighted by Crippen LogP contribution is -2.47. The van der Waals surface area contributed by atoms with Gasteiger partial charge in [-0.1, -0.05) is 11.2 Å². The maximum atomic E-state index is 13.0. The minimum absolute atomic E-state index is 0.0000714. The number of aromatic nitrogens is 2. The molecule has 10 heteroatoms. The molecule has 2 atom stereocenters. The Morgan fingerprint density at radius 3 is 2.87 bits per heavy atom. The zero-order valence-corrected chi connectivity index (χ0v) is 17.8. The summed E-state index contributed by atoms with van der Waals surface area (Å²) in [4.78, 5) is 20.3. The standard InChI is InChI=1S/C21H21N5O4S/c1-28-16-6-5-13(10-17(16)29-2)20-22-19(30-24-20)12-25-7-8-26-15(21(25)27)11-14(23-26)18-4-3-9-31-18/h3-10,14-15,23H,11-12H2,1-2H3. The maximum Gasteiger partial charge on any atom is 0.251 e. The first-order valence-electron chi connectivity index (χ1n) is 9.78. The molecule has 31 heavy (non-hydrogen) atoms. The van der Waals surface area contributed by atoms with Crippen LogP contribution in [0.4, 0.5) is 0 Å². The number of hydrogen-bond donors (Lipinski definition) is 1. The number of carbonyl (C=O) groups is 1. The second-order valence-electron chi connectivity index (χ2n) is 7.20. The summed E-state index contributed by atoms with van der Waals surface area (Å²) in [6.45, 7) is 0.212. The van der Waals surface area contributed by atoms with E-state index in [0.717, 1.165) is 5.56 Å². The minimum atomic E-state index is -0.259. The Bertz CT molecular complexity index is 1110. The number of ether oxygens (including phenoxy) is 2. The van der Waals surface area contributed by atoms with Crippen LogP contribution in [-0.4, -0.2) is 46.2 Å². The van der Waals surface area contributed by atoms with Crippen LogP contribution in [-0.2, 0) is 11.3 Å². The second kappa shape index (κ2) is 8.05. The van der Waals surface area contributed by atoms with Gasteiger partial charge in [-0.15, -0.1) is 11.3 Å². The highest BCUT2D eigenvalue weighted by molar-refractivity contribution is 7.10. The lowest BCUT2D eigenvalue weighted by Gasteiger charge is -2.30. The van der Waals surface area contributed by atoms with Gasteiger partial charge >= 0.3 is 0 Å². The summed E-state index contributed by atoms with van der Waals surface area (Å²) in [7, 11) is 3.15. The van der Waals surface area contributed by atoms with Crippen LogP contribution in [0.1, 0.15) is 23.2 Å². The van der Waals surface area contributed by atoms with Crippen LogP contribution in [0, 0.1) is 0 Å². The number of thiophene rings is 1. The Morgan fingerprint density at radius 2 is 2.10 bits per heavy atom. The summed E-state index contributed by atoms with van der Waals surface area (Å²) in [5.74, 6) is 1.98. The fourth-order valence-corrected chi connectivity index (χ4v) is 4.59. The molecular weight excluding hydrogens is 418 g/mol. The minimum Gasteiger partial charge on any atom is -0.493 e. The first-order chi connectivity index (χ1) is 15.2. The lowest BCUT2D eigenvalue weighted by atomic mass is 10.1. The molecule has 2 unspecified atom stereocenters. The Hall–Kier alpha value is -3.37. The van der Waals surface area contributed by atoms with Gasteiger partial charge in [0, 0.05) is 29.3 Å². The van der Waals surface area contributed by atoms with Crippen LogP contribution >= 0.6 is 11.3 Å². The van der Waals surface area contributed by atoms with E-state index >= 15 is 0 Å². The van der Waals surface area contributed by atoms with Crippen molar-refractivity contribution in [3.63, 3.8) is 0 Å². The largest absolute Gasteiger partial charge is 0.493 e. The van der Waals surface area contributed by atoms with Crippen molar-refractivity contribution in [1.29, 1.82) is 0 Å². The van der Waals surface area contributed by atoms with Gasteiger partial charge < -0.3 is 23.9 Å². The van der Waals surface area contributed by atoms with Crippen molar-refractivity contribution in [2.24, 2.45) is 0 Å². The number of carbonyl (C=O) groups excluding carboxylic acids is 1. The number of rotatable bonds is 6. The van der Waals surface area contributed by atoms with Gasteiger partial charge in [-0.2, -0.15) is 4.98 Å². The number of benzene rings is 1. The summed E-state index contributed by atoms with van der Waals surface area (Å²) >= 11 is 1.69. The predicted octanol–water partition coefficient (Wildman–Crippen LogP) is 2.95. The molecule has 0 spiro atoms. The van der Waals surface area contributed by atoms with E-state index in [9.17, 15) is 4.79 Å². The molecule has 0 radical (unpaired) electrons. The second-order valence-corrected chi connectivity index (χ2v) is 8.18. The average molecular weight is 439 g/mol. The third kappa shape index (κ3) is 3.64. The predicted molar refractivity (Wildman–Crippen MR) is 113 cm³/mol. The molecule has 9 nitrogen and oxygen atoms in total. The smallest absolute Gasteiger partial charge is 0.251 e. The van der Waals surface area contributed by atoms with Crippen molar-refractivity contribution in [1.82, 2.24) is 25.5 Å². The Kier molecular flexibility index (Phi) is 5.08. The highest BCUT2D eigenvalue weighted by Crippen LogP contribution is 2.34. The fourth-order valence-electron chi connectivity index (χ4n) is 3.80. The summed E-state index contributed by atoms with van der Waals surface area (Å²) in [6, 6.07) is 9.38. The van der Waals surface area contributed by atoms with E-state index in [2.05, 4.69) is 21.6 Å². The number of methoxy groups -OCH3 is 2. The first-order valence-corrected chi connectivity index (χ1v) is 10.7. The fraction of sp³-hybridized carbons (Fsp3) is 0.286. The Balaban J connectivity index is 1.29. The molecule has 160 valence electrons. The monoisotopic (exact) mass is 439 g/mol. The zero-order chi connectivity index (χ0) is 21.4. The molecule has 1 saturated heterocycles. The topological polar surface area (TPSA) is 93.0 Å². The van der Waals surface area contributed by atoms with E-state index in [-0.39, 0.29) is 24.5 Å². The van der Waals surface area contributed by atoms with Crippen LogP contribution in [0.3, 0.4) is 0 Å². The van der Waals surface area contributed by atoms with Crippen molar-refractivity contribution in [3.05, 3.63) is 58.9 Å². The molecule has 0 saturated carbocycles. The van der Waals surface area contributed by atoms with E-state index in [1.54, 1.807) is 48.8 Å². The van der Waals surface area contributed by atoms with Crippen LogP contribution in [0.25, 0.3) is 11.4 Å². The van der Waals surface area contributed by atoms with Crippen LogP contribution in [0.5, 0.6) is 11.5 Å². The van der Waals surface area contributed by atoms with Crippen molar-refractivity contribution in [2.45, 2.75) is 25.0 Å². The summed E-state index contributed by atoms with van der Waals surface area (Å²) in [6.07, 6.45) is 4.33. The van der Waals surface area contributed by atoms with E-state index in [0.29, 0.717) is 29.6 Å². The molecule has 5 rings (SSSR count). The third-order valence-corrected chi connectivity index (χ3v) is 6.36. The average Bonchev–Trinajstić information content (AvgIpc) is 3.55. The first kappa shape index (κ1) is 19.6. The highest BCUT2D eigenvalue weighted by Gasteiger charge is 2.40. The van der Waals surface area contributed by atoms with Crippen LogP contribution in [0.15, 0.2) is 52.6 Å². The van der Waals surface area contributed by atoms with Gasteiger partial charge in [-0.3, -0.25) is 4.79 Å². The van der Waals surface area contributed by atoms with Gasteiger partial charge in [0.1, 0.15) is 12.6 Å². The molecule has 2 aliphatic rings. The molecule has 0 bridgehead atoms. The molecule has 1 amide bonds. The number of hydrogen-bond acceptors (Lipinski definition) is 9. The Morgan fingerprint density at radius 1 is 1.23 bits per heavy atom. The van der Waals surface area contributed by atoms with E-state index in [1.165, 1.54) is 4.88 Å². The van der Waals surface area contributed by atoms with Gasteiger partial charge in [0.15, 0.2) is 11.5 Å². The third-order valence-electron chi connectivity index (χ3n) is 5.38. The molecular formula is C21H21N5O4S. The summed E-state index contributed by atoms with van der Waals surface area (Å²) in [5, 5.41) is 7.98. The normalized spacial score (nSPS) is 20.3. The van der Waals surface area contributed by atoms with Gasteiger partial charge in [-0.05, 0) is 29.6 Å². The number of nitrogens with one attached hydrogen (secondary N) is 1. The Labute approximate surface area is 182 Å². The number of nitrogens with zero attached hydrogens (tertiary/aromatic N) is 4. The highest BCUT2D eigenvalue weighted by atomic mass is 32.1. The number of fused-ring (bicyclic) bond motifs is 1. The van der Waals surface area contributed by atoms with Crippen molar-refractivity contribution < 1.29 is 18.8 Å². The number of hydrazine groups is 1. The maximum absolute atomic E-state index is 13.0. The molecule has 4 heterocycles. The van der Waals surface area contributed by atoms with Crippen LogP contribution in [0.2, 0.25) is 0 Å². The number of amides is 1. The molecule has 0 aliphatic carbocycles. The van der Waals surface area contributed by atoms with Gasteiger partial charge in [0.2, 0.25) is 11.7 Å². The molecule has 2 aromatic heterocycles. The van der Waals surface area contributed by atoms with Crippen LogP contribution < -0.4 is 14.9 Å². The van der Waals surface area contributed by atoms with Gasteiger partial charge in [0.05, 0.1) is 20.3 Å². The molecule has 1 aromatic carbocycles. The summed E-state index contributed by atoms with van der Waals surface area (Å²) < 4.78 is 16.0. The van der Waals surface area contributed by atoms with Crippen molar-refractivity contribution in [3.8, 4) is 22.9 Å². The van der Waals surface area contributed by atoms with E-state index in [1.807, 2.05) is 28.7 Å². The van der Waals surface area contributed by atoms with E-state index < -0.39 is 0 Å². The molecule has 1 fully saturated rings.